The third-order valence-electron chi connectivity index (χ3n) is 3.62. The van der Waals surface area contributed by atoms with Crippen LogP contribution in [-0.2, 0) is 4.74 Å². The molecule has 2 rings (SSSR count). The lowest BCUT2D eigenvalue weighted by molar-refractivity contribution is -0.00119. The van der Waals surface area contributed by atoms with Gasteiger partial charge in [0.15, 0.2) is 5.78 Å². The van der Waals surface area contributed by atoms with Gasteiger partial charge < -0.3 is 14.7 Å². The van der Waals surface area contributed by atoms with E-state index >= 15 is 0 Å². The second kappa shape index (κ2) is 7.32. The fourth-order valence-electron chi connectivity index (χ4n) is 2.52. The number of rotatable bonds is 3. The summed E-state index contributed by atoms with van der Waals surface area (Å²) in [5, 5.41) is 10.7. The summed E-state index contributed by atoms with van der Waals surface area (Å²) < 4.78 is 5.35. The maximum absolute atomic E-state index is 12.1. The highest BCUT2D eigenvalue weighted by molar-refractivity contribution is 9.09. The van der Waals surface area contributed by atoms with Crippen molar-refractivity contribution in [1.82, 2.24) is 4.90 Å². The summed E-state index contributed by atoms with van der Waals surface area (Å²) in [6.07, 6.45) is -0.388. The van der Waals surface area contributed by atoms with E-state index in [9.17, 15) is 14.7 Å². The Kier molecular flexibility index (Phi) is 5.86. The number of ketones is 1. The summed E-state index contributed by atoms with van der Waals surface area (Å²) in [5.74, 6) is -0.00232. The van der Waals surface area contributed by atoms with E-state index < -0.39 is 17.8 Å². The Labute approximate surface area is 148 Å². The highest BCUT2D eigenvalue weighted by Gasteiger charge is 2.34. The van der Waals surface area contributed by atoms with Crippen LogP contribution >= 0.6 is 27.3 Å². The second-order valence-corrected chi connectivity index (χ2v) is 8.32. The monoisotopic (exact) mass is 403 g/mol. The van der Waals surface area contributed by atoms with Crippen LogP contribution in [0, 0.1) is 0 Å². The zero-order chi connectivity index (χ0) is 17.2. The molecule has 1 amide bonds. The topological polar surface area (TPSA) is 66.8 Å². The number of piperidine rings is 1. The number of carbonyl (C=O) groups is 2. The van der Waals surface area contributed by atoms with Crippen molar-refractivity contribution >= 4 is 39.1 Å². The van der Waals surface area contributed by atoms with Crippen molar-refractivity contribution in [2.24, 2.45) is 0 Å². The van der Waals surface area contributed by atoms with Gasteiger partial charge in [0.1, 0.15) is 5.60 Å². The van der Waals surface area contributed by atoms with E-state index in [2.05, 4.69) is 15.9 Å². The van der Waals surface area contributed by atoms with E-state index in [-0.39, 0.29) is 18.2 Å². The van der Waals surface area contributed by atoms with Crippen molar-refractivity contribution in [3.8, 4) is 0 Å². The van der Waals surface area contributed by atoms with Gasteiger partial charge in [0.05, 0.1) is 22.9 Å². The van der Waals surface area contributed by atoms with Crippen LogP contribution in [0.1, 0.15) is 47.7 Å². The highest BCUT2D eigenvalue weighted by Crippen LogP contribution is 2.34. The Hall–Kier alpha value is -0.920. The molecule has 0 spiro atoms. The SMILES string of the molecule is CC(C)(C)OC(=O)N1CC[C@H](c2ccc(C(=O)CBr)s2)[C@@H](O)C1. The zero-order valence-electron chi connectivity index (χ0n) is 13.5. The van der Waals surface area contributed by atoms with Crippen LogP contribution in [-0.4, -0.2) is 52.0 Å². The number of aliphatic hydroxyl groups excluding tert-OH is 1. The molecular formula is C16H22BrNO4S. The quantitative estimate of drug-likeness (QED) is 0.620. The van der Waals surface area contributed by atoms with Gasteiger partial charge in [0.2, 0.25) is 0 Å². The van der Waals surface area contributed by atoms with Crippen molar-refractivity contribution < 1.29 is 19.4 Å². The number of likely N-dealkylation sites (tertiary alicyclic amines) is 1. The van der Waals surface area contributed by atoms with Gasteiger partial charge in [-0.3, -0.25) is 4.79 Å². The number of hydrogen-bond donors (Lipinski definition) is 1. The first-order valence-corrected chi connectivity index (χ1v) is 9.50. The molecule has 1 aromatic rings. The summed E-state index contributed by atoms with van der Waals surface area (Å²) in [6, 6.07) is 3.70. The minimum absolute atomic E-state index is 0.0435. The Morgan fingerprint density at radius 3 is 2.70 bits per heavy atom. The van der Waals surface area contributed by atoms with Gasteiger partial charge in [-0.2, -0.15) is 0 Å². The van der Waals surface area contributed by atoms with Gasteiger partial charge in [0.25, 0.3) is 0 Å². The Morgan fingerprint density at radius 2 is 2.13 bits per heavy atom. The molecule has 1 fully saturated rings. The number of amides is 1. The summed E-state index contributed by atoms with van der Waals surface area (Å²) in [6.45, 7) is 6.25. The maximum Gasteiger partial charge on any atom is 0.410 e. The van der Waals surface area contributed by atoms with Gasteiger partial charge in [0, 0.05) is 17.3 Å². The molecule has 2 atom stereocenters. The number of aliphatic hydroxyl groups is 1. The fourth-order valence-corrected chi connectivity index (χ4v) is 4.15. The number of thiophene rings is 1. The normalized spacial score (nSPS) is 22.0. The fraction of sp³-hybridized carbons (Fsp3) is 0.625. The van der Waals surface area contributed by atoms with Gasteiger partial charge in [-0.15, -0.1) is 11.3 Å². The molecule has 0 bridgehead atoms. The molecule has 7 heteroatoms. The van der Waals surface area contributed by atoms with E-state index in [0.29, 0.717) is 23.2 Å². The van der Waals surface area contributed by atoms with Crippen LogP contribution in [0.25, 0.3) is 0 Å². The Balaban J connectivity index is 2.00. The number of nitrogens with zero attached hydrogens (tertiary/aromatic N) is 1. The number of Topliss-reactive ketones (excluding diaryl/α,β-unsaturated/α-hetero) is 1. The molecule has 0 radical (unpaired) electrons. The molecule has 1 aromatic heterocycles. The van der Waals surface area contributed by atoms with Crippen LogP contribution in [0.2, 0.25) is 0 Å². The summed E-state index contributed by atoms with van der Waals surface area (Å²) in [4.78, 5) is 27.0. The minimum Gasteiger partial charge on any atom is -0.444 e. The van der Waals surface area contributed by atoms with Crippen molar-refractivity contribution in [2.45, 2.75) is 44.8 Å². The lowest BCUT2D eigenvalue weighted by Crippen LogP contribution is -2.47. The van der Waals surface area contributed by atoms with E-state index in [1.54, 1.807) is 11.0 Å². The predicted molar refractivity (Wildman–Crippen MR) is 93.6 cm³/mol. The van der Waals surface area contributed by atoms with Gasteiger partial charge in [-0.05, 0) is 39.3 Å². The first kappa shape index (κ1) is 18.4. The van der Waals surface area contributed by atoms with E-state index in [0.717, 1.165) is 4.88 Å². The van der Waals surface area contributed by atoms with Crippen LogP contribution in [0.5, 0.6) is 0 Å². The molecule has 128 valence electrons. The molecule has 1 N–H and O–H groups in total. The highest BCUT2D eigenvalue weighted by atomic mass is 79.9. The third kappa shape index (κ3) is 4.78. The van der Waals surface area contributed by atoms with Gasteiger partial charge in [-0.1, -0.05) is 15.9 Å². The van der Waals surface area contributed by atoms with Crippen LogP contribution in [0.15, 0.2) is 12.1 Å². The molecular weight excluding hydrogens is 382 g/mol. The van der Waals surface area contributed by atoms with E-state index in [4.69, 9.17) is 4.74 Å². The second-order valence-electron chi connectivity index (χ2n) is 6.65. The molecule has 1 aliphatic heterocycles. The Bertz CT molecular complexity index is 581. The maximum atomic E-state index is 12.1. The lowest BCUT2D eigenvalue weighted by atomic mass is 9.92. The number of carbonyl (C=O) groups excluding carboxylic acids is 2. The molecule has 1 aliphatic rings. The number of β-amino-alcohol motifs (C(OH)–C–C–N with tert-alkyl or cyclic N) is 1. The van der Waals surface area contributed by atoms with Crippen LogP contribution in [0.3, 0.4) is 0 Å². The van der Waals surface area contributed by atoms with Crippen molar-refractivity contribution in [2.75, 3.05) is 18.4 Å². The molecule has 0 aliphatic carbocycles. The smallest absolute Gasteiger partial charge is 0.410 e. The van der Waals surface area contributed by atoms with E-state index in [1.807, 2.05) is 26.8 Å². The number of halogens is 1. The number of hydrogen-bond acceptors (Lipinski definition) is 5. The Morgan fingerprint density at radius 1 is 1.43 bits per heavy atom. The zero-order valence-corrected chi connectivity index (χ0v) is 15.9. The molecule has 0 aromatic carbocycles. The first-order chi connectivity index (χ1) is 10.7. The number of alkyl halides is 1. The molecule has 2 heterocycles. The molecule has 23 heavy (non-hydrogen) atoms. The average Bonchev–Trinajstić information content (AvgIpc) is 2.94. The average molecular weight is 404 g/mol. The van der Waals surface area contributed by atoms with Gasteiger partial charge >= 0.3 is 6.09 Å². The molecule has 0 unspecified atom stereocenters. The summed E-state index contributed by atoms with van der Waals surface area (Å²) in [5.41, 5.74) is -0.544. The summed E-state index contributed by atoms with van der Waals surface area (Å²) in [7, 11) is 0. The van der Waals surface area contributed by atoms with E-state index in [1.165, 1.54) is 11.3 Å². The standard InChI is InChI=1S/C16H22BrNO4S/c1-16(2,3)22-15(21)18-7-6-10(12(20)9-18)13-4-5-14(23-13)11(19)8-17/h4-5,10,12,20H,6-9H2,1-3H3/t10-,12-/m0/s1. The first-order valence-electron chi connectivity index (χ1n) is 7.56. The minimum atomic E-state index is -0.651. The largest absolute Gasteiger partial charge is 0.444 e. The van der Waals surface area contributed by atoms with Crippen LogP contribution < -0.4 is 0 Å². The molecule has 1 saturated heterocycles. The van der Waals surface area contributed by atoms with Crippen molar-refractivity contribution in [3.05, 3.63) is 21.9 Å². The van der Waals surface area contributed by atoms with Crippen molar-refractivity contribution in [1.29, 1.82) is 0 Å². The lowest BCUT2D eigenvalue weighted by Gasteiger charge is -2.36. The predicted octanol–water partition coefficient (Wildman–Crippen LogP) is 3.41. The van der Waals surface area contributed by atoms with Gasteiger partial charge in [-0.25, -0.2) is 4.79 Å². The summed E-state index contributed by atoms with van der Waals surface area (Å²) >= 11 is 4.59. The molecule has 0 saturated carbocycles. The molecule has 5 nitrogen and oxygen atoms in total. The third-order valence-corrected chi connectivity index (χ3v) is 5.39. The number of ether oxygens (including phenoxy) is 1. The van der Waals surface area contributed by atoms with Crippen molar-refractivity contribution in [3.63, 3.8) is 0 Å². The van der Waals surface area contributed by atoms with Crippen LogP contribution in [0.4, 0.5) is 4.79 Å².